The lowest BCUT2D eigenvalue weighted by Gasteiger charge is -2.29. The van der Waals surface area contributed by atoms with Crippen molar-refractivity contribution in [3.8, 4) is 34.8 Å². The number of amides is 4. The number of aromatic nitrogens is 4. The van der Waals surface area contributed by atoms with Crippen LogP contribution in [0.25, 0.3) is 32.9 Å². The molecule has 2 aliphatic rings. The van der Waals surface area contributed by atoms with Gasteiger partial charge >= 0.3 is 12.2 Å². The predicted octanol–water partition coefficient (Wildman–Crippen LogP) is 6.60. The smallest absolute Gasteiger partial charge is 0.407 e. The summed E-state index contributed by atoms with van der Waals surface area (Å²) in [5, 5.41) is 7.41. The fraction of sp³-hybridized carbons (Fsp3) is 0.391. The van der Waals surface area contributed by atoms with Gasteiger partial charge in [0.15, 0.2) is 0 Å². The number of aromatic amines is 2. The maximum atomic E-state index is 13.7. The first-order chi connectivity index (χ1) is 29.0. The number of carbonyl (C=O) groups excluding carboxylic acids is 4. The zero-order valence-corrected chi connectivity index (χ0v) is 34.7. The molecule has 0 radical (unpaired) electrons. The molecule has 0 aliphatic carbocycles. The van der Waals surface area contributed by atoms with Crippen molar-refractivity contribution in [1.29, 1.82) is 0 Å². The van der Waals surface area contributed by atoms with Gasteiger partial charge in [0.05, 0.1) is 43.5 Å². The minimum atomic E-state index is -0.711. The highest BCUT2D eigenvalue weighted by molar-refractivity contribution is 6.01. The van der Waals surface area contributed by atoms with Gasteiger partial charge in [-0.1, -0.05) is 70.0 Å². The zero-order chi connectivity index (χ0) is 42.5. The summed E-state index contributed by atoms with van der Waals surface area (Å²) in [4.78, 5) is 71.0. The van der Waals surface area contributed by atoms with Gasteiger partial charge in [-0.05, 0) is 95.4 Å². The van der Waals surface area contributed by atoms with Crippen LogP contribution in [-0.4, -0.2) is 93.1 Å². The molecule has 0 saturated carbocycles. The number of nitrogens with zero attached hydrogens (tertiary/aromatic N) is 4. The van der Waals surface area contributed by atoms with Crippen LogP contribution >= 0.6 is 0 Å². The van der Waals surface area contributed by atoms with Gasteiger partial charge in [-0.3, -0.25) is 9.59 Å². The van der Waals surface area contributed by atoms with Crippen LogP contribution in [0.4, 0.5) is 9.59 Å². The number of fused-ring (bicyclic) bond motifs is 2. The average molecular weight is 811 g/mol. The van der Waals surface area contributed by atoms with Crippen LogP contribution in [0.2, 0.25) is 0 Å². The molecule has 0 unspecified atom stereocenters. The Kier molecular flexibility index (Phi) is 12.4. The van der Waals surface area contributed by atoms with Crippen LogP contribution < -0.4 is 10.6 Å². The molecule has 7 rings (SSSR count). The maximum Gasteiger partial charge on any atom is 0.407 e. The molecular formula is C46H50N8O6. The lowest BCUT2D eigenvalue weighted by molar-refractivity contribution is -0.136. The number of ether oxygens (including phenoxy) is 2. The van der Waals surface area contributed by atoms with E-state index < -0.39 is 24.3 Å². The van der Waals surface area contributed by atoms with Crippen molar-refractivity contribution in [2.45, 2.75) is 77.5 Å². The summed E-state index contributed by atoms with van der Waals surface area (Å²) in [6.07, 6.45) is 3.54. The van der Waals surface area contributed by atoms with Crippen molar-refractivity contribution >= 4 is 45.8 Å². The maximum absolute atomic E-state index is 13.7. The number of hydrogen-bond acceptors (Lipinski definition) is 8. The fourth-order valence-corrected chi connectivity index (χ4v) is 8.18. The van der Waals surface area contributed by atoms with E-state index in [1.807, 2.05) is 56.9 Å². The minimum absolute atomic E-state index is 0.120. The third kappa shape index (κ3) is 8.64. The number of benzene rings is 3. The van der Waals surface area contributed by atoms with E-state index in [-0.39, 0.29) is 35.7 Å². The average Bonchev–Trinajstić information content (AvgIpc) is 4.09. The molecule has 14 heteroatoms. The number of hydrogen-bond donors (Lipinski definition) is 4. The molecule has 0 bridgehead atoms. The van der Waals surface area contributed by atoms with Gasteiger partial charge in [-0.15, -0.1) is 0 Å². The van der Waals surface area contributed by atoms with E-state index in [0.717, 1.165) is 70.0 Å². The molecule has 2 aliphatic heterocycles. The Hall–Kier alpha value is -6.80. The number of likely N-dealkylation sites (tertiary alicyclic amines) is 2. The van der Waals surface area contributed by atoms with Crippen LogP contribution in [0.15, 0.2) is 60.8 Å². The standard InChI is InChI=1S/C46H50N8O6/c1-27(2)39(51-45(57)59-5)43(55)53-23-11-19-37(53)41-47-26-31(48-41)15-8-7-13-29-14-9-18-34-32(29)16-10-17-33(34)30-21-22-35-36(25-30)50-42(49-35)38-20-12-24-54(38)44(56)40(28(3)4)52-46(58)60-6/h9-10,14,16-18,21-22,25-28,37-40H,11-12,19-20,23-24H2,1-6H3,(H,47,48)(H,49,50)(H,51,57)(H,52,58)/t37-,38-,39-,40-/m0/s1. The third-order valence-corrected chi connectivity index (χ3v) is 11.3. The number of carbonyl (C=O) groups is 4. The van der Waals surface area contributed by atoms with Crippen molar-refractivity contribution in [3.63, 3.8) is 0 Å². The molecule has 2 fully saturated rings. The molecular weight excluding hydrogens is 761 g/mol. The Morgan fingerprint density at radius 3 is 1.98 bits per heavy atom. The Balaban J connectivity index is 1.08. The largest absolute Gasteiger partial charge is 0.453 e. The van der Waals surface area contributed by atoms with E-state index >= 15 is 0 Å². The number of methoxy groups -OCH3 is 2. The minimum Gasteiger partial charge on any atom is -0.453 e. The van der Waals surface area contributed by atoms with Crippen LogP contribution in [0.1, 0.15) is 88.4 Å². The summed E-state index contributed by atoms with van der Waals surface area (Å²) in [5.41, 5.74) is 5.14. The van der Waals surface area contributed by atoms with Crippen LogP contribution in [-0.2, 0) is 19.1 Å². The highest BCUT2D eigenvalue weighted by Crippen LogP contribution is 2.36. The number of H-pyrrole nitrogens is 2. The number of imidazole rings is 2. The van der Waals surface area contributed by atoms with Gasteiger partial charge in [0, 0.05) is 18.7 Å². The predicted molar refractivity (Wildman–Crippen MR) is 227 cm³/mol. The van der Waals surface area contributed by atoms with Crippen molar-refractivity contribution < 1.29 is 28.7 Å². The van der Waals surface area contributed by atoms with Crippen molar-refractivity contribution in [2.24, 2.45) is 11.8 Å². The van der Waals surface area contributed by atoms with Crippen LogP contribution in [0, 0.1) is 35.5 Å². The molecule has 5 aromatic rings. The summed E-state index contributed by atoms with van der Waals surface area (Å²) in [5.74, 6) is 13.1. The molecule has 14 nitrogen and oxygen atoms in total. The number of alkyl carbamates (subject to hydrolysis) is 2. The SMILES string of the molecule is COC(=O)N[C@H](C(=O)N1CCC[C@H]1c1ncc(C#CC#Cc2cccc3c(-c4ccc5nc([C@@H]6CCCN6C(=O)[C@@H](NC(=O)OC)C(C)C)[nH]c5c4)cccc23)[nH]1)C(C)C. The summed E-state index contributed by atoms with van der Waals surface area (Å²) in [7, 11) is 2.57. The van der Waals surface area contributed by atoms with Crippen LogP contribution in [0.5, 0.6) is 0 Å². The first-order valence-electron chi connectivity index (χ1n) is 20.4. The van der Waals surface area contributed by atoms with Gasteiger partial charge in [0.2, 0.25) is 11.8 Å². The second-order valence-corrected chi connectivity index (χ2v) is 15.8. The van der Waals surface area contributed by atoms with Crippen LogP contribution in [0.3, 0.4) is 0 Å². The Morgan fingerprint density at radius 1 is 0.750 bits per heavy atom. The summed E-state index contributed by atoms with van der Waals surface area (Å²) in [6, 6.07) is 16.4. The quantitative estimate of drug-likeness (QED) is 0.121. The number of rotatable bonds is 9. The monoisotopic (exact) mass is 810 g/mol. The normalized spacial score (nSPS) is 17.2. The van der Waals surface area contributed by atoms with Crippen molar-refractivity contribution in [3.05, 3.63) is 83.7 Å². The van der Waals surface area contributed by atoms with Crippen molar-refractivity contribution in [2.75, 3.05) is 27.3 Å². The summed E-state index contributed by atoms with van der Waals surface area (Å²) >= 11 is 0. The van der Waals surface area contributed by atoms with Gasteiger partial charge in [-0.2, -0.15) is 0 Å². The fourth-order valence-electron chi connectivity index (χ4n) is 8.18. The molecule has 310 valence electrons. The third-order valence-electron chi connectivity index (χ3n) is 11.3. The van der Waals surface area contributed by atoms with E-state index in [1.165, 1.54) is 14.2 Å². The second-order valence-electron chi connectivity index (χ2n) is 15.8. The lowest BCUT2D eigenvalue weighted by atomic mass is 9.95. The van der Waals surface area contributed by atoms with E-state index in [0.29, 0.717) is 24.6 Å². The van der Waals surface area contributed by atoms with E-state index in [1.54, 1.807) is 11.1 Å². The Labute approximate surface area is 349 Å². The van der Waals surface area contributed by atoms with E-state index in [4.69, 9.17) is 14.5 Å². The van der Waals surface area contributed by atoms with Gasteiger partial charge in [0.25, 0.3) is 0 Å². The molecule has 4 heterocycles. The van der Waals surface area contributed by atoms with Gasteiger partial charge in [0.1, 0.15) is 29.4 Å². The zero-order valence-electron chi connectivity index (χ0n) is 34.7. The molecule has 4 N–H and O–H groups in total. The Morgan fingerprint density at radius 2 is 1.35 bits per heavy atom. The van der Waals surface area contributed by atoms with E-state index in [2.05, 4.69) is 79.6 Å². The first-order valence-corrected chi connectivity index (χ1v) is 20.4. The molecule has 0 spiro atoms. The first kappa shape index (κ1) is 41.4. The molecule has 3 aromatic carbocycles. The summed E-state index contributed by atoms with van der Waals surface area (Å²) in [6.45, 7) is 8.71. The lowest BCUT2D eigenvalue weighted by Crippen LogP contribution is -2.51. The van der Waals surface area contributed by atoms with Gasteiger partial charge in [-0.25, -0.2) is 19.6 Å². The highest BCUT2D eigenvalue weighted by atomic mass is 16.5. The van der Waals surface area contributed by atoms with Crippen molar-refractivity contribution in [1.82, 2.24) is 40.4 Å². The second kappa shape index (κ2) is 18.0. The summed E-state index contributed by atoms with van der Waals surface area (Å²) < 4.78 is 9.52. The topological polar surface area (TPSA) is 175 Å². The number of nitrogens with one attached hydrogen (secondary N) is 4. The molecule has 2 saturated heterocycles. The molecule has 4 atom stereocenters. The van der Waals surface area contributed by atoms with E-state index in [9.17, 15) is 19.2 Å². The molecule has 4 amide bonds. The highest BCUT2D eigenvalue weighted by Gasteiger charge is 2.39. The van der Waals surface area contributed by atoms with Gasteiger partial charge < -0.3 is 39.9 Å². The molecule has 2 aromatic heterocycles. The molecule has 60 heavy (non-hydrogen) atoms. The Bertz CT molecular complexity index is 2550.